The molecule has 1 aromatic heterocycles. The second-order valence-electron chi connectivity index (χ2n) is 10.8. The van der Waals surface area contributed by atoms with Crippen LogP contribution in [0.2, 0.25) is 0 Å². The average molecular weight is 512 g/mol. The second kappa shape index (κ2) is 9.31. The van der Waals surface area contributed by atoms with E-state index < -0.39 is 15.9 Å². The number of alkyl halides is 2. The highest BCUT2D eigenvalue weighted by molar-refractivity contribution is 7.89. The highest BCUT2D eigenvalue weighted by Crippen LogP contribution is 2.38. The van der Waals surface area contributed by atoms with Crippen molar-refractivity contribution in [2.75, 3.05) is 19.6 Å². The zero-order valence-electron chi connectivity index (χ0n) is 20.8. The molecule has 0 radical (unpaired) electrons. The molecule has 2 aromatic rings. The summed E-state index contributed by atoms with van der Waals surface area (Å²) in [5.74, 6) is -1.63. The summed E-state index contributed by atoms with van der Waals surface area (Å²) >= 11 is 0. The summed E-state index contributed by atoms with van der Waals surface area (Å²) in [6, 6.07) is 4.41. The number of halogens is 2. The first-order valence-corrected chi connectivity index (χ1v) is 13.7. The number of imidazole rings is 1. The minimum absolute atomic E-state index is 0.0939. The zero-order valence-corrected chi connectivity index (χ0v) is 21.6. The van der Waals surface area contributed by atoms with Gasteiger partial charge in [0.25, 0.3) is 0 Å². The number of hydrogen-bond donors (Lipinski definition) is 2. The fourth-order valence-electron chi connectivity index (χ4n) is 4.84. The fraction of sp³-hybridized carbons (Fsp3) is 0.667. The molecule has 1 saturated carbocycles. The average Bonchev–Trinajstić information content (AvgIpc) is 3.10. The quantitative estimate of drug-likeness (QED) is 0.616. The molecule has 194 valence electrons. The normalized spacial score (nSPS) is 20.1. The molecule has 0 spiro atoms. The molecule has 35 heavy (non-hydrogen) atoms. The minimum atomic E-state index is -3.72. The van der Waals surface area contributed by atoms with Gasteiger partial charge in [0, 0.05) is 44.4 Å². The van der Waals surface area contributed by atoms with E-state index in [-0.39, 0.29) is 54.2 Å². The third kappa shape index (κ3) is 5.45. The Kier molecular flexibility index (Phi) is 6.87. The fourth-order valence-corrected chi connectivity index (χ4v) is 6.39. The number of amides is 2. The van der Waals surface area contributed by atoms with Crippen LogP contribution in [0.3, 0.4) is 0 Å². The summed E-state index contributed by atoms with van der Waals surface area (Å²) in [5, 5.41) is 5.39. The maximum atomic E-state index is 13.7. The van der Waals surface area contributed by atoms with Crippen molar-refractivity contribution in [1.29, 1.82) is 0 Å². The number of rotatable bonds is 6. The molecule has 4 rings (SSSR count). The van der Waals surface area contributed by atoms with Crippen LogP contribution in [0.15, 0.2) is 23.1 Å². The van der Waals surface area contributed by atoms with E-state index in [1.807, 2.05) is 27.7 Å². The zero-order chi connectivity index (χ0) is 25.6. The lowest BCUT2D eigenvalue weighted by atomic mass is 9.86. The van der Waals surface area contributed by atoms with Gasteiger partial charge in [0.05, 0.1) is 22.0 Å². The Morgan fingerprint density at radius 1 is 1.20 bits per heavy atom. The van der Waals surface area contributed by atoms with Crippen LogP contribution in [-0.4, -0.2) is 59.9 Å². The number of nitrogens with one attached hydrogen (secondary N) is 2. The first kappa shape index (κ1) is 25.8. The van der Waals surface area contributed by atoms with Gasteiger partial charge in [-0.2, -0.15) is 4.31 Å². The van der Waals surface area contributed by atoms with Gasteiger partial charge in [0.2, 0.25) is 15.9 Å². The van der Waals surface area contributed by atoms with Crippen molar-refractivity contribution in [3.05, 3.63) is 24.0 Å². The maximum absolute atomic E-state index is 13.7. The first-order chi connectivity index (χ1) is 16.3. The lowest BCUT2D eigenvalue weighted by molar-refractivity contribution is -0.0473. The van der Waals surface area contributed by atoms with E-state index in [4.69, 9.17) is 4.98 Å². The molecule has 11 heteroatoms. The summed E-state index contributed by atoms with van der Waals surface area (Å²) in [5.41, 5.74) is 1.09. The second-order valence-corrected chi connectivity index (χ2v) is 12.7. The van der Waals surface area contributed by atoms with E-state index in [1.54, 1.807) is 18.2 Å². The number of hydrogen-bond acceptors (Lipinski definition) is 4. The number of nitrogens with zero attached hydrogens (tertiary/aromatic N) is 3. The maximum Gasteiger partial charge on any atom is 0.315 e. The van der Waals surface area contributed by atoms with Gasteiger partial charge in [0.1, 0.15) is 5.82 Å². The Bertz CT molecular complexity index is 1190. The Labute approximate surface area is 205 Å². The Balaban J connectivity index is 1.56. The molecule has 1 aliphatic carbocycles. The van der Waals surface area contributed by atoms with Gasteiger partial charge in [-0.25, -0.2) is 27.0 Å². The van der Waals surface area contributed by atoms with E-state index in [9.17, 15) is 22.0 Å². The summed E-state index contributed by atoms with van der Waals surface area (Å²) < 4.78 is 57.1. The van der Waals surface area contributed by atoms with E-state index in [1.165, 1.54) is 4.31 Å². The monoisotopic (exact) mass is 511 g/mol. The van der Waals surface area contributed by atoms with Crippen molar-refractivity contribution < 1.29 is 22.0 Å². The molecule has 1 aliphatic heterocycles. The Morgan fingerprint density at radius 2 is 1.86 bits per heavy atom. The number of urea groups is 1. The number of fused-ring (bicyclic) bond motifs is 1. The molecule has 0 unspecified atom stereocenters. The van der Waals surface area contributed by atoms with Crippen LogP contribution in [0.5, 0.6) is 0 Å². The third-order valence-corrected chi connectivity index (χ3v) is 8.65. The molecule has 1 saturated heterocycles. The number of carbonyl (C=O) groups is 1. The SMILES string of the molecule is CCNC(=O)NC1CN(S(=O)(=O)c2ccc3c(c2)nc(C(C)(C)C)n3CC2CCC(F)(F)CC2)C1. The van der Waals surface area contributed by atoms with Gasteiger partial charge in [-0.05, 0) is 43.9 Å². The van der Waals surface area contributed by atoms with Crippen LogP contribution in [0, 0.1) is 5.92 Å². The van der Waals surface area contributed by atoms with Crippen molar-refractivity contribution in [2.24, 2.45) is 5.92 Å². The third-order valence-electron chi connectivity index (χ3n) is 6.83. The van der Waals surface area contributed by atoms with Crippen LogP contribution >= 0.6 is 0 Å². The van der Waals surface area contributed by atoms with Crippen molar-refractivity contribution in [3.8, 4) is 0 Å². The smallest absolute Gasteiger partial charge is 0.315 e. The van der Waals surface area contributed by atoms with Crippen LogP contribution < -0.4 is 10.6 Å². The van der Waals surface area contributed by atoms with Crippen molar-refractivity contribution in [1.82, 2.24) is 24.5 Å². The van der Waals surface area contributed by atoms with Gasteiger partial charge < -0.3 is 15.2 Å². The molecule has 2 amide bonds. The summed E-state index contributed by atoms with van der Waals surface area (Å²) in [6.45, 7) is 9.45. The molecule has 0 bridgehead atoms. The molecule has 0 atom stereocenters. The van der Waals surface area contributed by atoms with Gasteiger partial charge in [-0.15, -0.1) is 0 Å². The van der Waals surface area contributed by atoms with Crippen LogP contribution in [-0.2, 0) is 22.0 Å². The molecule has 1 aromatic carbocycles. The Hall–Kier alpha value is -2.27. The van der Waals surface area contributed by atoms with Gasteiger partial charge in [-0.1, -0.05) is 20.8 Å². The number of sulfonamides is 1. The molecule has 2 aliphatic rings. The molecule has 2 heterocycles. The molecule has 8 nitrogen and oxygen atoms in total. The number of carbonyl (C=O) groups excluding carboxylic acids is 1. The van der Waals surface area contributed by atoms with E-state index >= 15 is 0 Å². The predicted molar refractivity (Wildman–Crippen MR) is 130 cm³/mol. The number of benzene rings is 1. The molecule has 2 fully saturated rings. The largest absolute Gasteiger partial charge is 0.338 e. The summed E-state index contributed by atoms with van der Waals surface area (Å²) in [4.78, 5) is 16.6. The van der Waals surface area contributed by atoms with Gasteiger partial charge in [0.15, 0.2) is 0 Å². The standard InChI is InChI=1S/C24H35F2N5O3S/c1-5-27-22(32)28-17-14-30(15-17)35(33,34)18-6-7-20-19(12-18)29-21(23(2,3)4)31(20)13-16-8-10-24(25,26)11-9-16/h6-7,12,16-17H,5,8-11,13-15H2,1-4H3,(H2,27,28,32). The summed E-state index contributed by atoms with van der Waals surface area (Å²) in [6.07, 6.45) is 0.735. The lowest BCUT2D eigenvalue weighted by Gasteiger charge is -2.38. The summed E-state index contributed by atoms with van der Waals surface area (Å²) in [7, 11) is -3.72. The highest BCUT2D eigenvalue weighted by Gasteiger charge is 2.38. The Morgan fingerprint density at radius 3 is 2.46 bits per heavy atom. The highest BCUT2D eigenvalue weighted by atomic mass is 32.2. The van der Waals surface area contributed by atoms with E-state index in [2.05, 4.69) is 15.2 Å². The van der Waals surface area contributed by atoms with Crippen LogP contribution in [0.4, 0.5) is 13.6 Å². The van der Waals surface area contributed by atoms with Crippen LogP contribution in [0.1, 0.15) is 59.2 Å². The first-order valence-electron chi connectivity index (χ1n) is 12.2. The van der Waals surface area contributed by atoms with E-state index in [0.29, 0.717) is 31.4 Å². The molecular formula is C24H35F2N5O3S. The number of aromatic nitrogens is 2. The minimum Gasteiger partial charge on any atom is -0.338 e. The van der Waals surface area contributed by atoms with Crippen molar-refractivity contribution in [2.45, 2.75) is 82.2 Å². The van der Waals surface area contributed by atoms with Gasteiger partial charge >= 0.3 is 6.03 Å². The topological polar surface area (TPSA) is 96.3 Å². The van der Waals surface area contributed by atoms with Crippen LogP contribution in [0.25, 0.3) is 11.0 Å². The molecular weight excluding hydrogens is 476 g/mol. The lowest BCUT2D eigenvalue weighted by Crippen LogP contribution is -2.62. The van der Waals surface area contributed by atoms with Crippen molar-refractivity contribution in [3.63, 3.8) is 0 Å². The van der Waals surface area contributed by atoms with Gasteiger partial charge in [-0.3, -0.25) is 0 Å². The van der Waals surface area contributed by atoms with Crippen molar-refractivity contribution >= 4 is 27.1 Å². The van der Waals surface area contributed by atoms with E-state index in [0.717, 1.165) is 11.3 Å². The predicted octanol–water partition coefficient (Wildman–Crippen LogP) is 3.85. The molecule has 2 N–H and O–H groups in total.